The standard InChI is InChI=1S/C18H18Cl2N2/c1-9-11(3)15(7-19)21-17-13(9)5-6-14-10(2)12(4)16(8-20)22-18(14)17/h5-6H,7-8H2,1-4H3. The van der Waals surface area contributed by atoms with Crippen LogP contribution in [0, 0.1) is 27.7 Å². The Labute approximate surface area is 140 Å². The Morgan fingerprint density at radius 3 is 1.36 bits per heavy atom. The maximum Gasteiger partial charge on any atom is 0.0971 e. The molecule has 0 aliphatic rings. The van der Waals surface area contributed by atoms with Crippen LogP contribution in [-0.2, 0) is 11.8 Å². The highest BCUT2D eigenvalue weighted by Crippen LogP contribution is 2.31. The van der Waals surface area contributed by atoms with Crippen molar-refractivity contribution in [2.24, 2.45) is 0 Å². The smallest absolute Gasteiger partial charge is 0.0971 e. The first-order valence-electron chi connectivity index (χ1n) is 7.30. The van der Waals surface area contributed by atoms with Crippen molar-refractivity contribution in [3.63, 3.8) is 0 Å². The third kappa shape index (κ3) is 2.17. The Balaban J connectivity index is 2.55. The van der Waals surface area contributed by atoms with Crippen LogP contribution >= 0.6 is 23.2 Å². The summed E-state index contributed by atoms with van der Waals surface area (Å²) < 4.78 is 0. The first-order chi connectivity index (χ1) is 10.5. The molecule has 0 aliphatic carbocycles. The number of benzene rings is 1. The molecule has 22 heavy (non-hydrogen) atoms. The lowest BCUT2D eigenvalue weighted by atomic mass is 9.97. The van der Waals surface area contributed by atoms with Gasteiger partial charge in [0.2, 0.25) is 0 Å². The lowest BCUT2D eigenvalue weighted by molar-refractivity contribution is 1.12. The van der Waals surface area contributed by atoms with E-state index in [-0.39, 0.29) is 0 Å². The lowest BCUT2D eigenvalue weighted by Gasteiger charge is -2.14. The molecule has 2 aromatic heterocycles. The average molecular weight is 333 g/mol. The molecule has 0 spiro atoms. The summed E-state index contributed by atoms with van der Waals surface area (Å²) in [4.78, 5) is 9.58. The second kappa shape index (κ2) is 5.68. The number of pyridine rings is 2. The van der Waals surface area contributed by atoms with Crippen molar-refractivity contribution in [1.29, 1.82) is 0 Å². The fourth-order valence-corrected chi connectivity index (χ4v) is 3.47. The fraction of sp³-hybridized carbons (Fsp3) is 0.333. The number of halogens is 2. The normalized spacial score (nSPS) is 11.5. The summed E-state index contributed by atoms with van der Waals surface area (Å²) in [5.41, 5.74) is 8.44. The summed E-state index contributed by atoms with van der Waals surface area (Å²) in [6.07, 6.45) is 0. The van der Waals surface area contributed by atoms with Gasteiger partial charge in [-0.1, -0.05) is 12.1 Å². The largest absolute Gasteiger partial charge is 0.249 e. The Bertz CT molecular complexity index is 826. The van der Waals surface area contributed by atoms with E-state index in [1.807, 2.05) is 0 Å². The molecular formula is C18H18Cl2N2. The summed E-state index contributed by atoms with van der Waals surface area (Å²) in [5, 5.41) is 2.27. The minimum absolute atomic E-state index is 0.409. The maximum absolute atomic E-state index is 6.07. The van der Waals surface area contributed by atoms with E-state index >= 15 is 0 Å². The van der Waals surface area contributed by atoms with Crippen LogP contribution in [0.3, 0.4) is 0 Å². The summed E-state index contributed by atoms with van der Waals surface area (Å²) in [6.45, 7) is 8.37. The zero-order valence-electron chi connectivity index (χ0n) is 13.2. The van der Waals surface area contributed by atoms with Gasteiger partial charge in [0.15, 0.2) is 0 Å². The quantitative estimate of drug-likeness (QED) is 0.457. The first-order valence-corrected chi connectivity index (χ1v) is 8.37. The zero-order valence-corrected chi connectivity index (χ0v) is 14.7. The van der Waals surface area contributed by atoms with Gasteiger partial charge in [0.25, 0.3) is 0 Å². The Hall–Kier alpha value is -1.38. The molecule has 0 aliphatic heterocycles. The van der Waals surface area contributed by atoms with Crippen LogP contribution < -0.4 is 0 Å². The monoisotopic (exact) mass is 332 g/mol. The molecule has 0 fully saturated rings. The van der Waals surface area contributed by atoms with E-state index in [1.54, 1.807) is 0 Å². The molecule has 1 aromatic carbocycles. The minimum atomic E-state index is 0.409. The van der Waals surface area contributed by atoms with Crippen LogP contribution in [0.5, 0.6) is 0 Å². The molecule has 0 unspecified atom stereocenters. The molecule has 0 radical (unpaired) electrons. The second-order valence-corrected chi connectivity index (χ2v) is 6.28. The number of alkyl halides is 2. The minimum Gasteiger partial charge on any atom is -0.249 e. The highest BCUT2D eigenvalue weighted by atomic mass is 35.5. The van der Waals surface area contributed by atoms with E-state index in [1.165, 1.54) is 11.1 Å². The number of nitrogens with zero attached hydrogens (tertiary/aromatic N) is 2. The molecule has 0 bridgehead atoms. The van der Waals surface area contributed by atoms with Crippen molar-refractivity contribution >= 4 is 45.0 Å². The topological polar surface area (TPSA) is 25.8 Å². The van der Waals surface area contributed by atoms with Crippen LogP contribution in [0.1, 0.15) is 33.6 Å². The van der Waals surface area contributed by atoms with Crippen molar-refractivity contribution in [1.82, 2.24) is 9.97 Å². The Kier molecular flexibility index (Phi) is 4.00. The first kappa shape index (κ1) is 15.5. The van der Waals surface area contributed by atoms with Gasteiger partial charge in [-0.25, -0.2) is 9.97 Å². The Morgan fingerprint density at radius 1 is 0.682 bits per heavy atom. The van der Waals surface area contributed by atoms with Gasteiger partial charge in [-0.15, -0.1) is 23.2 Å². The van der Waals surface area contributed by atoms with E-state index in [2.05, 4.69) is 39.8 Å². The number of aryl methyl sites for hydroxylation is 2. The molecule has 3 rings (SSSR count). The molecule has 2 heterocycles. The van der Waals surface area contributed by atoms with E-state index < -0.39 is 0 Å². The third-order valence-electron chi connectivity index (χ3n) is 4.70. The van der Waals surface area contributed by atoms with E-state index in [0.717, 1.165) is 44.3 Å². The predicted molar refractivity (Wildman–Crippen MR) is 95.1 cm³/mol. The van der Waals surface area contributed by atoms with Gasteiger partial charge in [-0.05, 0) is 49.9 Å². The van der Waals surface area contributed by atoms with Crippen molar-refractivity contribution in [2.45, 2.75) is 39.5 Å². The van der Waals surface area contributed by atoms with E-state index in [0.29, 0.717) is 11.8 Å². The molecule has 3 aromatic rings. The summed E-state index contributed by atoms with van der Waals surface area (Å²) >= 11 is 12.1. The number of hydrogen-bond donors (Lipinski definition) is 0. The predicted octanol–water partition coefficient (Wildman–Crippen LogP) is 5.49. The maximum atomic E-state index is 6.07. The lowest BCUT2D eigenvalue weighted by Crippen LogP contribution is -2.01. The second-order valence-electron chi connectivity index (χ2n) is 5.74. The van der Waals surface area contributed by atoms with Gasteiger partial charge in [-0.2, -0.15) is 0 Å². The zero-order chi connectivity index (χ0) is 16.0. The van der Waals surface area contributed by atoms with Crippen LogP contribution in [0.4, 0.5) is 0 Å². The summed E-state index contributed by atoms with van der Waals surface area (Å²) in [5.74, 6) is 0.818. The third-order valence-corrected chi connectivity index (χ3v) is 5.20. The van der Waals surface area contributed by atoms with Gasteiger partial charge in [0.1, 0.15) is 0 Å². The van der Waals surface area contributed by atoms with Crippen molar-refractivity contribution in [3.8, 4) is 0 Å². The highest BCUT2D eigenvalue weighted by molar-refractivity contribution is 6.17. The van der Waals surface area contributed by atoms with Gasteiger partial charge in [-0.3, -0.25) is 0 Å². The average Bonchev–Trinajstić information content (AvgIpc) is 2.53. The molecule has 4 heteroatoms. The van der Waals surface area contributed by atoms with E-state index in [4.69, 9.17) is 33.2 Å². The molecule has 0 N–H and O–H groups in total. The molecule has 0 saturated heterocycles. The molecule has 0 atom stereocenters. The number of rotatable bonds is 2. The fourth-order valence-electron chi connectivity index (χ4n) is 2.95. The molecule has 0 saturated carbocycles. The molecular weight excluding hydrogens is 315 g/mol. The van der Waals surface area contributed by atoms with Gasteiger partial charge < -0.3 is 0 Å². The molecule has 114 valence electrons. The van der Waals surface area contributed by atoms with Crippen LogP contribution in [0.25, 0.3) is 21.8 Å². The van der Waals surface area contributed by atoms with Crippen molar-refractivity contribution < 1.29 is 0 Å². The number of hydrogen-bond acceptors (Lipinski definition) is 2. The van der Waals surface area contributed by atoms with Crippen molar-refractivity contribution in [2.75, 3.05) is 0 Å². The van der Waals surface area contributed by atoms with Gasteiger partial charge in [0.05, 0.1) is 34.2 Å². The van der Waals surface area contributed by atoms with Gasteiger partial charge in [0, 0.05) is 10.8 Å². The summed E-state index contributed by atoms with van der Waals surface area (Å²) in [7, 11) is 0. The van der Waals surface area contributed by atoms with E-state index in [9.17, 15) is 0 Å². The highest BCUT2D eigenvalue weighted by Gasteiger charge is 2.15. The van der Waals surface area contributed by atoms with Crippen LogP contribution in [0.15, 0.2) is 12.1 Å². The summed E-state index contributed by atoms with van der Waals surface area (Å²) in [6, 6.07) is 4.28. The SMILES string of the molecule is Cc1c(CCl)nc2c(ccc3c(C)c(C)c(CCl)nc32)c1C. The Morgan fingerprint density at radius 2 is 1.05 bits per heavy atom. The number of aromatic nitrogens is 2. The molecule has 2 nitrogen and oxygen atoms in total. The van der Waals surface area contributed by atoms with Gasteiger partial charge >= 0.3 is 0 Å². The van der Waals surface area contributed by atoms with Crippen LogP contribution in [-0.4, -0.2) is 9.97 Å². The van der Waals surface area contributed by atoms with Crippen molar-refractivity contribution in [3.05, 3.63) is 45.8 Å². The number of fused-ring (bicyclic) bond motifs is 3. The molecule has 0 amide bonds. The van der Waals surface area contributed by atoms with Crippen LogP contribution in [0.2, 0.25) is 0 Å².